The van der Waals surface area contributed by atoms with Crippen LogP contribution in [0.2, 0.25) is 10.0 Å². The second-order valence-electron chi connectivity index (χ2n) is 5.56. The zero-order chi connectivity index (χ0) is 18.0. The molecule has 0 aliphatic heterocycles. The number of aryl methyl sites for hydroxylation is 2. The first-order valence-corrected chi connectivity index (χ1v) is 8.49. The van der Waals surface area contributed by atoms with E-state index in [0.29, 0.717) is 28.0 Å². The molecule has 130 valence electrons. The van der Waals surface area contributed by atoms with E-state index in [-0.39, 0.29) is 0 Å². The van der Waals surface area contributed by atoms with Gasteiger partial charge in [0.2, 0.25) is 0 Å². The Morgan fingerprint density at radius 2 is 1.72 bits per heavy atom. The molecule has 0 aliphatic rings. The van der Waals surface area contributed by atoms with Gasteiger partial charge in [0.1, 0.15) is 0 Å². The number of nitrogens with zero attached hydrogens (tertiary/aromatic N) is 1. The van der Waals surface area contributed by atoms with E-state index < -0.39 is 5.97 Å². The molecule has 0 amide bonds. The number of aromatic nitrogens is 1. The van der Waals surface area contributed by atoms with Crippen molar-refractivity contribution in [1.82, 2.24) is 4.57 Å². The van der Waals surface area contributed by atoms with Crippen molar-refractivity contribution in [2.75, 3.05) is 14.2 Å². The fourth-order valence-corrected chi connectivity index (χ4v) is 3.22. The van der Waals surface area contributed by atoms with Gasteiger partial charge in [-0.2, -0.15) is 0 Å². The molecular weight excluding hydrogens is 361 g/mol. The number of ether oxygens (including phenoxy) is 2. The highest BCUT2D eigenvalue weighted by atomic mass is 35.5. The van der Waals surface area contributed by atoms with Gasteiger partial charge >= 0.3 is 5.97 Å². The fourth-order valence-electron chi connectivity index (χ4n) is 2.93. The van der Waals surface area contributed by atoms with Crippen LogP contribution in [0.4, 0.5) is 0 Å². The third-order valence-corrected chi connectivity index (χ3v) is 4.59. The van der Waals surface area contributed by atoms with Gasteiger partial charge in [-0.3, -0.25) is 0 Å². The minimum atomic E-state index is -0.444. The summed E-state index contributed by atoms with van der Waals surface area (Å²) in [5.41, 5.74) is 2.38. The second-order valence-corrected chi connectivity index (χ2v) is 6.44. The van der Waals surface area contributed by atoms with Gasteiger partial charge in [-0.1, -0.05) is 35.3 Å². The minimum Gasteiger partial charge on any atom is -0.494 e. The van der Waals surface area contributed by atoms with Gasteiger partial charge in [0.05, 0.1) is 19.7 Å². The number of carbonyl (C=O) groups is 1. The Bertz CT molecular complexity index is 917. The van der Waals surface area contributed by atoms with Gasteiger partial charge in [-0.25, -0.2) is 4.79 Å². The summed E-state index contributed by atoms with van der Waals surface area (Å²) in [7, 11) is 2.89. The van der Waals surface area contributed by atoms with Gasteiger partial charge < -0.3 is 14.0 Å². The number of rotatable bonds is 5. The minimum absolute atomic E-state index is 0.385. The van der Waals surface area contributed by atoms with E-state index in [2.05, 4.69) is 0 Å². The summed E-state index contributed by atoms with van der Waals surface area (Å²) < 4.78 is 12.4. The Morgan fingerprint density at radius 1 is 1.04 bits per heavy atom. The van der Waals surface area contributed by atoms with Crippen LogP contribution in [0.5, 0.6) is 5.75 Å². The van der Waals surface area contributed by atoms with Crippen molar-refractivity contribution in [3.05, 3.63) is 63.8 Å². The van der Waals surface area contributed by atoms with Crippen molar-refractivity contribution < 1.29 is 14.3 Å². The Kier molecular flexibility index (Phi) is 5.21. The molecule has 0 unspecified atom stereocenters. The lowest BCUT2D eigenvalue weighted by atomic mass is 10.1. The molecule has 1 aromatic heterocycles. The maximum absolute atomic E-state index is 12.4. The average molecular weight is 378 g/mol. The standard InChI is InChI=1S/C19H17Cl2NO3/c1-24-18-15-11-14(21)7-8-16(15)22(17(18)19(23)25-2)10-9-12-3-5-13(20)6-4-12/h3-8,11H,9-10H2,1-2H3. The molecule has 4 nitrogen and oxygen atoms in total. The van der Waals surface area contributed by atoms with Gasteiger partial charge in [0.15, 0.2) is 11.4 Å². The molecule has 3 aromatic rings. The molecule has 0 N–H and O–H groups in total. The first-order valence-electron chi connectivity index (χ1n) is 7.73. The third kappa shape index (κ3) is 3.46. The topological polar surface area (TPSA) is 40.5 Å². The van der Waals surface area contributed by atoms with Crippen molar-refractivity contribution in [3.8, 4) is 5.75 Å². The van der Waals surface area contributed by atoms with Gasteiger partial charge in [0, 0.05) is 22.0 Å². The predicted molar refractivity (Wildman–Crippen MR) is 100.0 cm³/mol. The molecule has 3 rings (SSSR count). The summed E-state index contributed by atoms with van der Waals surface area (Å²) >= 11 is 12.1. The Balaban J connectivity index is 2.08. The van der Waals surface area contributed by atoms with Crippen molar-refractivity contribution >= 4 is 40.1 Å². The highest BCUT2D eigenvalue weighted by Crippen LogP contribution is 2.35. The van der Waals surface area contributed by atoms with Crippen LogP contribution in [0.3, 0.4) is 0 Å². The van der Waals surface area contributed by atoms with Crippen LogP contribution in [0.25, 0.3) is 10.9 Å². The first-order chi connectivity index (χ1) is 12.0. The number of methoxy groups -OCH3 is 2. The number of fused-ring (bicyclic) bond motifs is 1. The maximum Gasteiger partial charge on any atom is 0.358 e. The Morgan fingerprint density at radius 3 is 2.36 bits per heavy atom. The van der Waals surface area contributed by atoms with E-state index in [9.17, 15) is 4.79 Å². The molecule has 25 heavy (non-hydrogen) atoms. The Hall–Kier alpha value is -2.17. The highest BCUT2D eigenvalue weighted by Gasteiger charge is 2.24. The molecule has 0 spiro atoms. The molecule has 0 bridgehead atoms. The lowest BCUT2D eigenvalue weighted by Gasteiger charge is -2.10. The smallest absolute Gasteiger partial charge is 0.358 e. The van der Waals surface area contributed by atoms with Gasteiger partial charge in [0.25, 0.3) is 0 Å². The number of hydrogen-bond donors (Lipinski definition) is 0. The van der Waals surface area contributed by atoms with E-state index >= 15 is 0 Å². The highest BCUT2D eigenvalue weighted by molar-refractivity contribution is 6.31. The molecule has 0 saturated heterocycles. The van der Waals surface area contributed by atoms with Crippen molar-refractivity contribution in [2.45, 2.75) is 13.0 Å². The first kappa shape index (κ1) is 17.6. The second kappa shape index (κ2) is 7.38. The molecule has 0 fully saturated rings. The number of benzene rings is 2. The summed E-state index contributed by atoms with van der Waals surface area (Å²) in [5, 5.41) is 2.06. The summed E-state index contributed by atoms with van der Waals surface area (Å²) in [6.45, 7) is 0.591. The number of esters is 1. The largest absolute Gasteiger partial charge is 0.494 e. The maximum atomic E-state index is 12.4. The quantitative estimate of drug-likeness (QED) is 0.588. The fraction of sp³-hybridized carbons (Fsp3) is 0.211. The lowest BCUT2D eigenvalue weighted by Crippen LogP contribution is -2.13. The van der Waals surface area contributed by atoms with E-state index in [1.54, 1.807) is 12.1 Å². The summed E-state index contributed by atoms with van der Waals surface area (Å²) in [6, 6.07) is 13.1. The van der Waals surface area contributed by atoms with Crippen LogP contribution in [0, 0.1) is 0 Å². The molecule has 6 heteroatoms. The van der Waals surface area contributed by atoms with Gasteiger partial charge in [-0.05, 0) is 42.3 Å². The van der Waals surface area contributed by atoms with Gasteiger partial charge in [-0.15, -0.1) is 0 Å². The molecular formula is C19H17Cl2NO3. The zero-order valence-electron chi connectivity index (χ0n) is 13.9. The Labute approximate surface area is 155 Å². The SMILES string of the molecule is COC(=O)c1c(OC)c2cc(Cl)ccc2n1CCc1ccc(Cl)cc1. The molecule has 0 radical (unpaired) electrons. The molecule has 1 heterocycles. The van der Waals surface area contributed by atoms with Crippen LogP contribution in [-0.4, -0.2) is 24.8 Å². The number of halogens is 2. The van der Waals surface area contributed by atoms with Crippen molar-refractivity contribution in [3.63, 3.8) is 0 Å². The molecule has 2 aromatic carbocycles. The monoisotopic (exact) mass is 377 g/mol. The number of carbonyl (C=O) groups excluding carboxylic acids is 1. The van der Waals surface area contributed by atoms with Crippen molar-refractivity contribution in [1.29, 1.82) is 0 Å². The zero-order valence-corrected chi connectivity index (χ0v) is 15.4. The van der Waals surface area contributed by atoms with Crippen LogP contribution in [-0.2, 0) is 17.7 Å². The summed E-state index contributed by atoms with van der Waals surface area (Å²) in [6.07, 6.45) is 0.733. The average Bonchev–Trinajstić information content (AvgIpc) is 2.93. The van der Waals surface area contributed by atoms with E-state index in [4.69, 9.17) is 32.7 Å². The molecule has 0 saturated carbocycles. The lowest BCUT2D eigenvalue weighted by molar-refractivity contribution is 0.0585. The van der Waals surface area contributed by atoms with Crippen molar-refractivity contribution in [2.24, 2.45) is 0 Å². The van der Waals surface area contributed by atoms with E-state index in [1.807, 2.05) is 34.9 Å². The summed E-state index contributed by atoms with van der Waals surface area (Å²) in [4.78, 5) is 12.4. The van der Waals surface area contributed by atoms with Crippen LogP contribution >= 0.6 is 23.2 Å². The normalized spacial score (nSPS) is 10.9. The van der Waals surface area contributed by atoms with Crippen LogP contribution in [0.15, 0.2) is 42.5 Å². The molecule has 0 aliphatic carbocycles. The molecule has 0 atom stereocenters. The predicted octanol–water partition coefficient (Wildman–Crippen LogP) is 4.99. The number of hydrogen-bond acceptors (Lipinski definition) is 3. The van der Waals surface area contributed by atoms with E-state index in [1.165, 1.54) is 14.2 Å². The van der Waals surface area contributed by atoms with Crippen LogP contribution in [0.1, 0.15) is 16.1 Å². The summed E-state index contributed by atoms with van der Waals surface area (Å²) in [5.74, 6) is 0.0285. The van der Waals surface area contributed by atoms with Crippen LogP contribution < -0.4 is 4.74 Å². The van der Waals surface area contributed by atoms with E-state index in [0.717, 1.165) is 22.9 Å². The third-order valence-electron chi connectivity index (χ3n) is 4.10.